The van der Waals surface area contributed by atoms with Crippen molar-refractivity contribution in [3.63, 3.8) is 0 Å². The van der Waals surface area contributed by atoms with E-state index in [0.29, 0.717) is 6.61 Å². The molecule has 0 aliphatic rings. The Kier molecular flexibility index (Phi) is 4.61. The molecule has 0 saturated heterocycles. The van der Waals surface area contributed by atoms with Gasteiger partial charge in [-0.15, -0.1) is 5.82 Å². The molecule has 2 radical (unpaired) electrons. The van der Waals surface area contributed by atoms with Gasteiger partial charge in [-0.2, -0.15) is 7.28 Å². The second-order valence-electron chi connectivity index (χ2n) is 4.93. The molecule has 1 heterocycles. The lowest BCUT2D eigenvalue weighted by atomic mass is 9.64. The predicted molar refractivity (Wildman–Crippen MR) is 77.6 cm³/mol. The maximum atomic E-state index is 12.0. The van der Waals surface area contributed by atoms with E-state index >= 15 is 0 Å². The van der Waals surface area contributed by atoms with Crippen LogP contribution in [0.1, 0.15) is 12.5 Å². The number of benzene rings is 1. The highest BCUT2D eigenvalue weighted by Gasteiger charge is 2.10. The lowest BCUT2D eigenvalue weighted by Crippen LogP contribution is -2.51. The molecule has 104 valence electrons. The van der Waals surface area contributed by atoms with E-state index in [-0.39, 0.29) is 11.8 Å². The topological polar surface area (TPSA) is 35.1 Å². The maximum Gasteiger partial charge on any atom is 0.268 e. The van der Waals surface area contributed by atoms with Gasteiger partial charge in [0, 0.05) is 5.72 Å². The van der Waals surface area contributed by atoms with Gasteiger partial charge in [-0.25, -0.2) is 0 Å². The summed E-state index contributed by atoms with van der Waals surface area (Å²) in [6.45, 7) is 2.16. The molecule has 2 rings (SSSR count). The van der Waals surface area contributed by atoms with E-state index in [4.69, 9.17) is 4.74 Å². The van der Waals surface area contributed by atoms with Crippen LogP contribution in [0.5, 0.6) is 0 Å². The first-order valence-corrected chi connectivity index (χ1v) is 6.64. The molecular weight excluding hydrogens is 251 g/mol. The van der Waals surface area contributed by atoms with Gasteiger partial charge in [0.25, 0.3) is 5.97 Å². The summed E-state index contributed by atoms with van der Waals surface area (Å²) in [5.41, 5.74) is 1.98. The van der Waals surface area contributed by atoms with Gasteiger partial charge in [0.15, 0.2) is 0 Å². The highest BCUT2D eigenvalue weighted by atomic mass is 16.5. The first kappa shape index (κ1) is 14.4. The Morgan fingerprint density at radius 2 is 2.10 bits per heavy atom. The Morgan fingerprint density at radius 1 is 1.40 bits per heavy atom. The Balaban J connectivity index is 1.89. The maximum absolute atomic E-state index is 12.0. The molecule has 1 aromatic carbocycles. The molecule has 0 amide bonds. The number of carbonyl (C=O) groups is 1. The predicted octanol–water partition coefficient (Wildman–Crippen LogP) is 0.731. The standard InChI is InChI=1S/C15H19BN2O2/c1-12(16-15-17(2)9-10-18(15)3)14(19)20-11-13-7-5-4-6-8-13/h4-10,12H,11H2,1-3H3. The van der Waals surface area contributed by atoms with E-state index in [1.807, 2.05) is 80.2 Å². The molecule has 0 aliphatic carbocycles. The monoisotopic (exact) mass is 270 g/mol. The van der Waals surface area contributed by atoms with Gasteiger partial charge in [-0.05, 0) is 5.56 Å². The fourth-order valence-electron chi connectivity index (χ4n) is 1.99. The average Bonchev–Trinajstić information content (AvgIpc) is 2.77. The molecule has 5 heteroatoms. The van der Waals surface area contributed by atoms with Gasteiger partial charge in [0.1, 0.15) is 19.0 Å². The Morgan fingerprint density at radius 3 is 2.70 bits per heavy atom. The van der Waals surface area contributed by atoms with Crippen LogP contribution in [0.4, 0.5) is 0 Å². The number of carbonyl (C=O) groups excluding carboxylic acids is 1. The van der Waals surface area contributed by atoms with Crippen molar-refractivity contribution in [3.05, 3.63) is 48.3 Å². The van der Waals surface area contributed by atoms with Crippen molar-refractivity contribution < 1.29 is 14.1 Å². The third kappa shape index (κ3) is 3.50. The lowest BCUT2D eigenvalue weighted by molar-refractivity contribution is -0.653. The minimum Gasteiger partial charge on any atom is -0.463 e. The molecule has 1 atom stereocenters. The summed E-state index contributed by atoms with van der Waals surface area (Å²) in [6.07, 6.45) is 3.90. The largest absolute Gasteiger partial charge is 0.463 e. The van der Waals surface area contributed by atoms with Crippen molar-refractivity contribution in [3.8, 4) is 0 Å². The number of ether oxygens (including phenoxy) is 1. The van der Waals surface area contributed by atoms with Crippen LogP contribution in [-0.2, 0) is 30.2 Å². The van der Waals surface area contributed by atoms with Gasteiger partial charge < -0.3 is 4.74 Å². The number of aryl methyl sites for hydroxylation is 2. The van der Waals surface area contributed by atoms with Crippen molar-refractivity contribution >= 4 is 19.0 Å². The first-order valence-electron chi connectivity index (χ1n) is 6.64. The SMILES string of the molecule is CC([B-]c1n(C)cc[n+]1C)C(=O)OCc1ccccc1. The van der Waals surface area contributed by atoms with Crippen LogP contribution in [0.2, 0.25) is 5.82 Å². The molecule has 0 bridgehead atoms. The fraction of sp³-hybridized carbons (Fsp3) is 0.333. The summed E-state index contributed by atoms with van der Waals surface area (Å²) in [4.78, 5) is 12.0. The molecule has 0 fully saturated rings. The molecule has 20 heavy (non-hydrogen) atoms. The highest BCUT2D eigenvalue weighted by molar-refractivity contribution is 6.56. The Hall–Kier alpha value is -2.04. The number of esters is 1. The second-order valence-corrected chi connectivity index (χ2v) is 4.93. The van der Waals surface area contributed by atoms with E-state index < -0.39 is 0 Å². The van der Waals surface area contributed by atoms with Crippen LogP contribution in [-0.4, -0.2) is 17.8 Å². The van der Waals surface area contributed by atoms with Crippen molar-refractivity contribution in [1.82, 2.24) is 4.57 Å². The van der Waals surface area contributed by atoms with E-state index in [1.54, 1.807) is 0 Å². The van der Waals surface area contributed by atoms with Crippen LogP contribution >= 0.6 is 0 Å². The number of imidazole rings is 1. The normalized spacial score (nSPS) is 12.2. The fourth-order valence-corrected chi connectivity index (χ4v) is 1.99. The number of nitrogens with zero attached hydrogens (tertiary/aromatic N) is 2. The van der Waals surface area contributed by atoms with Crippen molar-refractivity contribution in [2.24, 2.45) is 14.1 Å². The molecule has 1 unspecified atom stereocenters. The summed E-state index contributed by atoms with van der Waals surface area (Å²) in [6, 6.07) is 9.69. The molecule has 0 saturated carbocycles. The van der Waals surface area contributed by atoms with E-state index in [1.165, 1.54) is 0 Å². The van der Waals surface area contributed by atoms with Gasteiger partial charge in [0.05, 0.1) is 14.1 Å². The smallest absolute Gasteiger partial charge is 0.268 e. The number of rotatable bonds is 5. The van der Waals surface area contributed by atoms with Crippen molar-refractivity contribution in [2.45, 2.75) is 19.3 Å². The lowest BCUT2D eigenvalue weighted by Gasteiger charge is -2.20. The first-order chi connectivity index (χ1) is 9.58. The molecule has 4 nitrogen and oxygen atoms in total. The third-order valence-electron chi connectivity index (χ3n) is 3.23. The van der Waals surface area contributed by atoms with Gasteiger partial charge in [-0.1, -0.05) is 37.3 Å². The Labute approximate surface area is 120 Å². The number of hydrogen-bond acceptors (Lipinski definition) is 2. The van der Waals surface area contributed by atoms with Gasteiger partial charge in [0.2, 0.25) is 0 Å². The average molecular weight is 270 g/mol. The summed E-state index contributed by atoms with van der Waals surface area (Å²) >= 11 is 0. The van der Waals surface area contributed by atoms with Crippen molar-refractivity contribution in [2.75, 3.05) is 0 Å². The molecule has 0 N–H and O–H groups in total. The zero-order chi connectivity index (χ0) is 14.5. The highest BCUT2D eigenvalue weighted by Crippen LogP contribution is 2.07. The van der Waals surface area contributed by atoms with E-state index in [9.17, 15) is 4.79 Å². The zero-order valence-corrected chi connectivity index (χ0v) is 12.1. The molecular formula is C15H19BN2O2. The van der Waals surface area contributed by atoms with E-state index in [2.05, 4.69) is 0 Å². The summed E-state index contributed by atoms with van der Waals surface area (Å²) in [7, 11) is 5.81. The summed E-state index contributed by atoms with van der Waals surface area (Å²) in [5.74, 6) is -0.492. The van der Waals surface area contributed by atoms with E-state index in [0.717, 1.165) is 11.3 Å². The van der Waals surface area contributed by atoms with Gasteiger partial charge >= 0.3 is 0 Å². The molecule has 2 aromatic rings. The minimum absolute atomic E-state index is 0.213. The van der Waals surface area contributed by atoms with Crippen LogP contribution in [0.15, 0.2) is 42.7 Å². The molecule has 1 aromatic heterocycles. The third-order valence-corrected chi connectivity index (χ3v) is 3.23. The van der Waals surface area contributed by atoms with Crippen LogP contribution < -0.4 is 10.3 Å². The molecule has 0 spiro atoms. The van der Waals surface area contributed by atoms with Crippen LogP contribution in [0.25, 0.3) is 0 Å². The quantitative estimate of drug-likeness (QED) is 0.456. The van der Waals surface area contributed by atoms with Crippen LogP contribution in [0.3, 0.4) is 0 Å². The summed E-state index contributed by atoms with van der Waals surface area (Å²) in [5, 5.41) is 0. The second kappa shape index (κ2) is 6.41. The summed E-state index contributed by atoms with van der Waals surface area (Å²) < 4.78 is 9.28. The molecule has 0 aliphatic heterocycles. The van der Waals surface area contributed by atoms with Crippen LogP contribution in [0, 0.1) is 0 Å². The zero-order valence-electron chi connectivity index (χ0n) is 12.1. The Bertz CT molecular complexity index is 561. The van der Waals surface area contributed by atoms with Gasteiger partial charge in [-0.3, -0.25) is 13.9 Å². The minimum atomic E-state index is -0.279. The van der Waals surface area contributed by atoms with Crippen molar-refractivity contribution in [1.29, 1.82) is 0 Å². The number of aromatic nitrogens is 2. The number of hydrogen-bond donors (Lipinski definition) is 0.